The lowest BCUT2D eigenvalue weighted by atomic mass is 10.0. The lowest BCUT2D eigenvalue weighted by Gasteiger charge is -2.20. The standard InChI is InChI=1S/C21H21ClN2O7/c1-12(2)19(23-20(26)14-7-8-16(22)17(10-14)24(28)29)21(27)31-11-18(25)13-5-4-6-15(9-13)30-3/h4-10,12,19H,11H2,1-3H3,(H,23,26)/t19-/m0/s1. The maximum atomic E-state index is 12.5. The van der Waals surface area contributed by atoms with Gasteiger partial charge in [0, 0.05) is 17.2 Å². The summed E-state index contributed by atoms with van der Waals surface area (Å²) in [6, 6.07) is 8.88. The fraction of sp³-hybridized carbons (Fsp3) is 0.286. The molecule has 31 heavy (non-hydrogen) atoms. The summed E-state index contributed by atoms with van der Waals surface area (Å²) in [6.45, 7) is 2.85. The van der Waals surface area contributed by atoms with Gasteiger partial charge in [-0.25, -0.2) is 4.79 Å². The molecule has 0 aliphatic carbocycles. The van der Waals surface area contributed by atoms with E-state index in [1.54, 1.807) is 32.0 Å². The van der Waals surface area contributed by atoms with Crippen LogP contribution in [0, 0.1) is 16.0 Å². The van der Waals surface area contributed by atoms with Crippen molar-refractivity contribution in [3.63, 3.8) is 0 Å². The van der Waals surface area contributed by atoms with Crippen molar-refractivity contribution in [2.75, 3.05) is 13.7 Å². The Labute approximate surface area is 183 Å². The van der Waals surface area contributed by atoms with Gasteiger partial charge in [0.15, 0.2) is 12.4 Å². The predicted molar refractivity (Wildman–Crippen MR) is 112 cm³/mol. The van der Waals surface area contributed by atoms with Crippen molar-refractivity contribution in [3.8, 4) is 5.75 Å². The van der Waals surface area contributed by atoms with E-state index in [9.17, 15) is 24.5 Å². The van der Waals surface area contributed by atoms with Crippen LogP contribution >= 0.6 is 11.6 Å². The topological polar surface area (TPSA) is 125 Å². The lowest BCUT2D eigenvalue weighted by molar-refractivity contribution is -0.384. The fourth-order valence-corrected chi connectivity index (χ4v) is 2.81. The van der Waals surface area contributed by atoms with Crippen LogP contribution in [0.25, 0.3) is 0 Å². The molecule has 1 N–H and O–H groups in total. The molecule has 10 heteroatoms. The number of carbonyl (C=O) groups excluding carboxylic acids is 3. The number of nitro groups is 1. The molecule has 0 saturated heterocycles. The first kappa shape index (κ1) is 23.8. The minimum Gasteiger partial charge on any atom is -0.497 e. The van der Waals surface area contributed by atoms with Crippen molar-refractivity contribution >= 4 is 34.9 Å². The van der Waals surface area contributed by atoms with Gasteiger partial charge in [-0.2, -0.15) is 0 Å². The third-order valence-corrected chi connectivity index (χ3v) is 4.67. The van der Waals surface area contributed by atoms with Crippen LogP contribution in [0.3, 0.4) is 0 Å². The number of Topliss-reactive ketones (excluding diaryl/α,β-unsaturated/α-hetero) is 1. The molecule has 0 unspecified atom stereocenters. The van der Waals surface area contributed by atoms with Crippen LogP contribution in [0.15, 0.2) is 42.5 Å². The van der Waals surface area contributed by atoms with E-state index in [2.05, 4.69) is 5.32 Å². The normalized spacial score (nSPS) is 11.5. The van der Waals surface area contributed by atoms with Gasteiger partial charge >= 0.3 is 5.97 Å². The quantitative estimate of drug-likeness (QED) is 0.269. The number of nitro benzene ring substituents is 1. The van der Waals surface area contributed by atoms with Gasteiger partial charge in [0.05, 0.1) is 12.0 Å². The highest BCUT2D eigenvalue weighted by Crippen LogP contribution is 2.25. The lowest BCUT2D eigenvalue weighted by Crippen LogP contribution is -2.45. The van der Waals surface area contributed by atoms with Crippen molar-refractivity contribution in [1.82, 2.24) is 5.32 Å². The average molecular weight is 449 g/mol. The number of benzene rings is 2. The molecule has 0 aliphatic heterocycles. The summed E-state index contributed by atoms with van der Waals surface area (Å²) in [4.78, 5) is 47.6. The minimum absolute atomic E-state index is 0.0398. The second-order valence-corrected chi connectivity index (χ2v) is 7.29. The van der Waals surface area contributed by atoms with Gasteiger partial charge in [0.2, 0.25) is 0 Å². The number of rotatable bonds is 9. The number of halogens is 1. The zero-order valence-corrected chi connectivity index (χ0v) is 17.8. The van der Waals surface area contributed by atoms with Crippen molar-refractivity contribution in [2.45, 2.75) is 19.9 Å². The first-order valence-corrected chi connectivity index (χ1v) is 9.60. The van der Waals surface area contributed by atoms with Crippen LogP contribution in [0.2, 0.25) is 5.02 Å². The van der Waals surface area contributed by atoms with Crippen LogP contribution in [0.1, 0.15) is 34.6 Å². The van der Waals surface area contributed by atoms with E-state index in [-0.39, 0.29) is 16.5 Å². The predicted octanol–water partition coefficient (Wildman–Crippen LogP) is 3.44. The molecule has 0 saturated carbocycles. The Hall–Kier alpha value is -3.46. The molecule has 0 aliphatic rings. The second kappa shape index (κ2) is 10.5. The monoisotopic (exact) mass is 448 g/mol. The number of amides is 1. The van der Waals surface area contributed by atoms with Gasteiger partial charge in [0.25, 0.3) is 11.6 Å². The molecule has 0 radical (unpaired) electrons. The van der Waals surface area contributed by atoms with E-state index >= 15 is 0 Å². The molecule has 2 aromatic carbocycles. The molecule has 0 heterocycles. The summed E-state index contributed by atoms with van der Waals surface area (Å²) in [6.07, 6.45) is 0. The minimum atomic E-state index is -1.07. The Balaban J connectivity index is 2.07. The fourth-order valence-electron chi connectivity index (χ4n) is 2.62. The number of hydrogen-bond donors (Lipinski definition) is 1. The third-order valence-electron chi connectivity index (χ3n) is 4.35. The van der Waals surface area contributed by atoms with E-state index in [1.165, 1.54) is 25.3 Å². The zero-order chi connectivity index (χ0) is 23.1. The first-order chi connectivity index (χ1) is 14.6. The maximum absolute atomic E-state index is 12.5. The Morgan fingerprint density at radius 3 is 2.45 bits per heavy atom. The van der Waals surface area contributed by atoms with E-state index in [4.69, 9.17) is 21.1 Å². The molecule has 1 atom stereocenters. The molecule has 0 fully saturated rings. The van der Waals surface area contributed by atoms with Gasteiger partial charge in [-0.05, 0) is 30.2 Å². The summed E-state index contributed by atoms with van der Waals surface area (Å²) < 4.78 is 10.2. The second-order valence-electron chi connectivity index (χ2n) is 6.88. The van der Waals surface area contributed by atoms with Crippen molar-refractivity contribution in [3.05, 3.63) is 68.7 Å². The highest BCUT2D eigenvalue weighted by molar-refractivity contribution is 6.32. The first-order valence-electron chi connectivity index (χ1n) is 9.22. The third kappa shape index (κ3) is 6.26. The van der Waals surface area contributed by atoms with E-state index in [0.29, 0.717) is 11.3 Å². The summed E-state index contributed by atoms with van der Waals surface area (Å²) in [7, 11) is 1.47. The van der Waals surface area contributed by atoms with E-state index < -0.39 is 40.9 Å². The number of nitrogens with one attached hydrogen (secondary N) is 1. The molecular weight excluding hydrogens is 428 g/mol. The maximum Gasteiger partial charge on any atom is 0.329 e. The molecule has 2 rings (SSSR count). The number of carbonyl (C=O) groups is 3. The number of esters is 1. The van der Waals surface area contributed by atoms with Crippen molar-refractivity contribution in [2.24, 2.45) is 5.92 Å². The Morgan fingerprint density at radius 1 is 1.13 bits per heavy atom. The van der Waals surface area contributed by atoms with E-state index in [1.807, 2.05) is 0 Å². The number of hydrogen-bond acceptors (Lipinski definition) is 7. The number of ether oxygens (including phenoxy) is 2. The molecule has 0 bridgehead atoms. The van der Waals surface area contributed by atoms with Gasteiger partial charge in [0.1, 0.15) is 16.8 Å². The van der Waals surface area contributed by atoms with Gasteiger partial charge in [-0.1, -0.05) is 37.6 Å². The summed E-state index contributed by atoms with van der Waals surface area (Å²) >= 11 is 5.76. The van der Waals surface area contributed by atoms with Crippen molar-refractivity contribution < 1.29 is 28.8 Å². The zero-order valence-electron chi connectivity index (χ0n) is 17.1. The van der Waals surface area contributed by atoms with Gasteiger partial charge in [-0.3, -0.25) is 19.7 Å². The Kier molecular flexibility index (Phi) is 8.09. The molecule has 1 amide bonds. The Morgan fingerprint density at radius 2 is 1.84 bits per heavy atom. The SMILES string of the molecule is COc1cccc(C(=O)COC(=O)[C@@H](NC(=O)c2ccc(Cl)c([N+](=O)[O-])c2)C(C)C)c1. The van der Waals surface area contributed by atoms with Crippen LogP contribution in [0.5, 0.6) is 5.75 Å². The highest BCUT2D eigenvalue weighted by Gasteiger charge is 2.28. The molecule has 164 valence electrons. The molecule has 0 aromatic heterocycles. The van der Waals surface area contributed by atoms with E-state index in [0.717, 1.165) is 6.07 Å². The summed E-state index contributed by atoms with van der Waals surface area (Å²) in [5.41, 5.74) is -0.158. The molecule has 0 spiro atoms. The van der Waals surface area contributed by atoms with Crippen LogP contribution in [0.4, 0.5) is 5.69 Å². The number of ketones is 1. The number of nitrogens with zero attached hydrogens (tertiary/aromatic N) is 1. The van der Waals surface area contributed by atoms with Crippen LogP contribution in [-0.4, -0.2) is 42.3 Å². The molecule has 9 nitrogen and oxygen atoms in total. The van der Waals surface area contributed by atoms with Gasteiger partial charge in [-0.15, -0.1) is 0 Å². The largest absolute Gasteiger partial charge is 0.497 e. The Bertz CT molecular complexity index is 1010. The summed E-state index contributed by atoms with van der Waals surface area (Å²) in [5, 5.41) is 13.4. The van der Waals surface area contributed by atoms with Crippen LogP contribution in [-0.2, 0) is 9.53 Å². The average Bonchev–Trinajstić information content (AvgIpc) is 2.75. The summed E-state index contributed by atoms with van der Waals surface area (Å²) in [5.74, 6) is -1.83. The highest BCUT2D eigenvalue weighted by atomic mass is 35.5. The molecular formula is C21H21ClN2O7. The molecule has 2 aromatic rings. The van der Waals surface area contributed by atoms with Crippen LogP contribution < -0.4 is 10.1 Å². The van der Waals surface area contributed by atoms with Crippen molar-refractivity contribution in [1.29, 1.82) is 0 Å². The van der Waals surface area contributed by atoms with Gasteiger partial charge < -0.3 is 14.8 Å². The smallest absolute Gasteiger partial charge is 0.329 e. The number of methoxy groups -OCH3 is 1.